The molecular weight excluding hydrogens is 216 g/mol. The molecule has 2 unspecified atom stereocenters. The third-order valence-electron chi connectivity index (χ3n) is 3.15. The fraction of sp³-hybridized carbons (Fsp3) is 0.778. The summed E-state index contributed by atoms with van der Waals surface area (Å²) in [5, 5.41) is 0. The molecule has 2 atom stereocenters. The lowest BCUT2D eigenvalue weighted by Gasteiger charge is -2.31. The van der Waals surface area contributed by atoms with Gasteiger partial charge in [0.2, 0.25) is 0 Å². The molecule has 1 aliphatic heterocycles. The van der Waals surface area contributed by atoms with E-state index in [1.165, 1.54) is 0 Å². The van der Waals surface area contributed by atoms with E-state index >= 15 is 0 Å². The fourth-order valence-corrected chi connectivity index (χ4v) is 3.59. The van der Waals surface area contributed by atoms with Crippen molar-refractivity contribution < 1.29 is 23.2 Å². The first kappa shape index (κ1) is 12.3. The molecule has 6 heteroatoms. The maximum Gasteiger partial charge on any atom is 0.338 e. The molecule has 1 rings (SSSR count). The molecule has 1 saturated heterocycles. The molecule has 15 heavy (non-hydrogen) atoms. The second-order valence-electron chi connectivity index (χ2n) is 3.82. The van der Waals surface area contributed by atoms with Crippen LogP contribution in [0.2, 0.25) is 12.1 Å². The molecule has 1 aliphatic rings. The van der Waals surface area contributed by atoms with Crippen LogP contribution < -0.4 is 0 Å². The quantitative estimate of drug-likeness (QED) is 0.408. The largest absolute Gasteiger partial charge is 0.398 e. The maximum atomic E-state index is 11.4. The SMILES string of the molecule is CO[Si](C)(OC)C(C)C1CC(=O)OC1=O. The Kier molecular flexibility index (Phi) is 3.64. The topological polar surface area (TPSA) is 61.8 Å². The van der Waals surface area contributed by atoms with Gasteiger partial charge in [-0.25, -0.2) is 0 Å². The second-order valence-corrected chi connectivity index (χ2v) is 7.58. The molecule has 0 aromatic rings. The zero-order valence-corrected chi connectivity index (χ0v) is 10.4. The van der Waals surface area contributed by atoms with E-state index < -0.39 is 26.4 Å². The minimum atomic E-state index is -2.39. The monoisotopic (exact) mass is 232 g/mol. The fourth-order valence-electron chi connectivity index (χ4n) is 1.69. The summed E-state index contributed by atoms with van der Waals surface area (Å²) in [6.45, 7) is 3.73. The second kappa shape index (κ2) is 4.42. The Morgan fingerprint density at radius 2 is 1.93 bits per heavy atom. The lowest BCUT2D eigenvalue weighted by atomic mass is 10.1. The maximum absolute atomic E-state index is 11.4. The molecule has 0 aromatic carbocycles. The Bertz CT molecular complexity index is 274. The number of hydrogen-bond acceptors (Lipinski definition) is 5. The number of carbonyl (C=O) groups is 2. The smallest absolute Gasteiger partial charge is 0.338 e. The molecule has 5 nitrogen and oxygen atoms in total. The van der Waals surface area contributed by atoms with Crippen LogP contribution in [0.3, 0.4) is 0 Å². The van der Waals surface area contributed by atoms with Crippen LogP contribution in [0.15, 0.2) is 0 Å². The molecule has 0 radical (unpaired) electrons. The van der Waals surface area contributed by atoms with Gasteiger partial charge < -0.3 is 13.6 Å². The van der Waals surface area contributed by atoms with Crippen LogP contribution >= 0.6 is 0 Å². The summed E-state index contributed by atoms with van der Waals surface area (Å²) in [5.41, 5.74) is -0.105. The van der Waals surface area contributed by atoms with E-state index in [-0.39, 0.29) is 12.0 Å². The standard InChI is InChI=1S/C9H16O5Si/c1-6(15(4,12-2)13-3)7-5-8(10)14-9(7)11/h6-7H,5H2,1-4H3. The van der Waals surface area contributed by atoms with Crippen molar-refractivity contribution in [2.24, 2.45) is 5.92 Å². The summed E-state index contributed by atoms with van der Waals surface area (Å²) in [4.78, 5) is 22.3. The van der Waals surface area contributed by atoms with Crippen molar-refractivity contribution in [1.82, 2.24) is 0 Å². The van der Waals surface area contributed by atoms with Crippen molar-refractivity contribution in [3.05, 3.63) is 0 Å². The first-order valence-electron chi connectivity index (χ1n) is 4.79. The van der Waals surface area contributed by atoms with E-state index in [9.17, 15) is 9.59 Å². The van der Waals surface area contributed by atoms with Crippen LogP contribution in [0, 0.1) is 5.92 Å². The van der Waals surface area contributed by atoms with E-state index in [1.807, 2.05) is 13.5 Å². The van der Waals surface area contributed by atoms with Gasteiger partial charge in [-0.3, -0.25) is 9.59 Å². The summed E-state index contributed by atoms with van der Waals surface area (Å²) in [6, 6.07) is 0. The van der Waals surface area contributed by atoms with Gasteiger partial charge in [-0.05, 0) is 6.55 Å². The lowest BCUT2D eigenvalue weighted by Crippen LogP contribution is -2.44. The highest BCUT2D eigenvalue weighted by Gasteiger charge is 2.48. The summed E-state index contributed by atoms with van der Waals surface area (Å²) in [7, 11) is 0.737. The van der Waals surface area contributed by atoms with Crippen LogP contribution in [-0.2, 0) is 23.2 Å². The third-order valence-corrected chi connectivity index (χ3v) is 6.82. The third kappa shape index (κ3) is 2.27. The molecule has 0 aliphatic carbocycles. The molecule has 1 fully saturated rings. The number of hydrogen-bond donors (Lipinski definition) is 0. The van der Waals surface area contributed by atoms with E-state index in [0.717, 1.165) is 0 Å². The van der Waals surface area contributed by atoms with Gasteiger partial charge in [-0.15, -0.1) is 0 Å². The number of cyclic esters (lactones) is 2. The van der Waals surface area contributed by atoms with Gasteiger partial charge >= 0.3 is 20.5 Å². The Morgan fingerprint density at radius 3 is 2.27 bits per heavy atom. The molecule has 0 bridgehead atoms. The normalized spacial score (nSPS) is 24.1. The molecule has 0 aromatic heterocycles. The molecule has 0 saturated carbocycles. The van der Waals surface area contributed by atoms with Crippen LogP contribution in [0.4, 0.5) is 0 Å². The van der Waals surface area contributed by atoms with Crippen molar-refractivity contribution in [1.29, 1.82) is 0 Å². The van der Waals surface area contributed by atoms with Crippen LogP contribution in [0.25, 0.3) is 0 Å². The average Bonchev–Trinajstić information content (AvgIpc) is 2.55. The van der Waals surface area contributed by atoms with Gasteiger partial charge in [-0.2, -0.15) is 0 Å². The van der Waals surface area contributed by atoms with Gasteiger partial charge in [0.05, 0.1) is 12.3 Å². The van der Waals surface area contributed by atoms with Gasteiger partial charge in [0.15, 0.2) is 0 Å². The highest BCUT2D eigenvalue weighted by atomic mass is 28.4. The Labute approximate surface area is 89.9 Å². The van der Waals surface area contributed by atoms with E-state index in [0.29, 0.717) is 0 Å². The van der Waals surface area contributed by atoms with Crippen LogP contribution in [0.5, 0.6) is 0 Å². The predicted molar refractivity (Wildman–Crippen MR) is 54.3 cm³/mol. The van der Waals surface area contributed by atoms with Gasteiger partial charge in [0.1, 0.15) is 0 Å². The first-order chi connectivity index (χ1) is 6.94. The molecule has 1 heterocycles. The van der Waals surface area contributed by atoms with Gasteiger partial charge in [-0.1, -0.05) is 6.92 Å². The summed E-state index contributed by atoms with van der Waals surface area (Å²) in [5.74, 6) is -1.34. The van der Waals surface area contributed by atoms with Crippen molar-refractivity contribution in [2.75, 3.05) is 14.2 Å². The van der Waals surface area contributed by atoms with Crippen LogP contribution in [-0.4, -0.2) is 34.7 Å². The summed E-state index contributed by atoms with van der Waals surface area (Å²) < 4.78 is 15.2. The van der Waals surface area contributed by atoms with Crippen molar-refractivity contribution in [2.45, 2.75) is 25.4 Å². The van der Waals surface area contributed by atoms with Crippen molar-refractivity contribution in [3.8, 4) is 0 Å². The van der Waals surface area contributed by atoms with Crippen molar-refractivity contribution in [3.63, 3.8) is 0 Å². The van der Waals surface area contributed by atoms with E-state index in [1.54, 1.807) is 14.2 Å². The highest BCUT2D eigenvalue weighted by Crippen LogP contribution is 2.36. The predicted octanol–water partition coefficient (Wildman–Crippen LogP) is 0.831. The number of ether oxygens (including phenoxy) is 1. The molecule has 0 amide bonds. The molecule has 0 N–H and O–H groups in total. The zero-order chi connectivity index (χ0) is 11.6. The Morgan fingerprint density at radius 1 is 1.40 bits per heavy atom. The Balaban J connectivity index is 2.79. The van der Waals surface area contributed by atoms with E-state index in [2.05, 4.69) is 4.74 Å². The number of rotatable bonds is 4. The minimum absolute atomic E-state index is 0.105. The van der Waals surface area contributed by atoms with Crippen molar-refractivity contribution >= 4 is 20.5 Å². The lowest BCUT2D eigenvalue weighted by molar-refractivity contribution is -0.153. The summed E-state index contributed by atoms with van der Waals surface area (Å²) in [6.07, 6.45) is 0.134. The molecule has 0 spiro atoms. The van der Waals surface area contributed by atoms with E-state index in [4.69, 9.17) is 8.85 Å². The number of esters is 2. The summed E-state index contributed by atoms with van der Waals surface area (Å²) >= 11 is 0. The molecule has 86 valence electrons. The zero-order valence-electron chi connectivity index (χ0n) is 9.40. The molecular formula is C9H16O5Si. The van der Waals surface area contributed by atoms with Crippen LogP contribution in [0.1, 0.15) is 13.3 Å². The number of carbonyl (C=O) groups excluding carboxylic acids is 2. The van der Waals surface area contributed by atoms with Gasteiger partial charge in [0, 0.05) is 19.8 Å². The highest BCUT2D eigenvalue weighted by molar-refractivity contribution is 6.67. The Hall–Kier alpha value is -0.723. The van der Waals surface area contributed by atoms with Gasteiger partial charge in [0.25, 0.3) is 0 Å². The first-order valence-corrected chi connectivity index (χ1v) is 7.18. The average molecular weight is 232 g/mol. The minimum Gasteiger partial charge on any atom is -0.398 e.